The van der Waals surface area contributed by atoms with Gasteiger partial charge in [0.2, 0.25) is 0 Å². The molecule has 1 N–H and O–H groups in total. The van der Waals surface area contributed by atoms with Crippen LogP contribution in [0.2, 0.25) is 0 Å². The van der Waals surface area contributed by atoms with Crippen molar-refractivity contribution in [1.82, 2.24) is 9.97 Å². The summed E-state index contributed by atoms with van der Waals surface area (Å²) in [5.74, 6) is 0.692. The molecule has 0 aliphatic heterocycles. The van der Waals surface area contributed by atoms with Crippen LogP contribution in [0.1, 0.15) is 83.3 Å². The molecule has 5 heteroatoms. The van der Waals surface area contributed by atoms with Crippen LogP contribution in [-0.4, -0.2) is 21.0 Å². The van der Waals surface area contributed by atoms with Gasteiger partial charge in [0.1, 0.15) is 0 Å². The van der Waals surface area contributed by atoms with Gasteiger partial charge in [-0.05, 0) is 18.9 Å². The van der Waals surface area contributed by atoms with Gasteiger partial charge in [-0.1, -0.05) is 76.1 Å². The van der Waals surface area contributed by atoms with Crippen molar-refractivity contribution in [1.29, 1.82) is 0 Å². The predicted molar refractivity (Wildman–Crippen MR) is 111 cm³/mol. The Balaban J connectivity index is 1.71. The summed E-state index contributed by atoms with van der Waals surface area (Å²) in [5, 5.41) is 9.56. The molecule has 0 amide bonds. The molecule has 0 spiro atoms. The largest absolute Gasteiger partial charge is 0.423 e. The fourth-order valence-corrected chi connectivity index (χ4v) is 3.01. The molecule has 1 aromatic carbocycles. The standard InChI is InChI=1S/C23H32N2O3/c1-3-4-5-6-7-8-9-10-11-22(27)28-21-16-24-23(25-17-21)20-14-12-19(13-15-20)18(2)26/h12-18,26H,3-11H2,1-2H3. The molecule has 0 aliphatic carbocycles. The molecular formula is C23H32N2O3. The Hall–Kier alpha value is -2.27. The summed E-state index contributed by atoms with van der Waals surface area (Å²) in [7, 11) is 0. The van der Waals surface area contributed by atoms with E-state index in [0.29, 0.717) is 18.0 Å². The molecule has 5 nitrogen and oxygen atoms in total. The van der Waals surface area contributed by atoms with E-state index < -0.39 is 6.10 Å². The van der Waals surface area contributed by atoms with Gasteiger partial charge in [-0.3, -0.25) is 4.79 Å². The lowest BCUT2D eigenvalue weighted by molar-refractivity contribution is -0.134. The van der Waals surface area contributed by atoms with Gasteiger partial charge in [0, 0.05) is 12.0 Å². The molecule has 0 aliphatic rings. The number of aromatic nitrogens is 2. The Morgan fingerprint density at radius 1 is 0.964 bits per heavy atom. The van der Waals surface area contributed by atoms with E-state index in [-0.39, 0.29) is 5.97 Å². The molecule has 0 saturated heterocycles. The number of aliphatic hydroxyl groups excluding tert-OH is 1. The van der Waals surface area contributed by atoms with E-state index in [9.17, 15) is 9.90 Å². The van der Waals surface area contributed by atoms with Gasteiger partial charge in [0.15, 0.2) is 11.6 Å². The second kappa shape index (κ2) is 12.2. The van der Waals surface area contributed by atoms with Crippen molar-refractivity contribution < 1.29 is 14.6 Å². The Kier molecular flexibility index (Phi) is 9.63. The first-order chi connectivity index (χ1) is 13.6. The van der Waals surface area contributed by atoms with Gasteiger partial charge in [-0.2, -0.15) is 0 Å². The third-order valence-electron chi connectivity index (χ3n) is 4.75. The van der Waals surface area contributed by atoms with E-state index in [1.165, 1.54) is 50.9 Å². The quantitative estimate of drug-likeness (QED) is 0.379. The predicted octanol–water partition coefficient (Wildman–Crippen LogP) is 5.63. The highest BCUT2D eigenvalue weighted by atomic mass is 16.5. The van der Waals surface area contributed by atoms with E-state index in [1.807, 2.05) is 24.3 Å². The van der Waals surface area contributed by atoms with Crippen molar-refractivity contribution in [2.75, 3.05) is 0 Å². The number of nitrogens with zero attached hydrogens (tertiary/aromatic N) is 2. The third kappa shape index (κ3) is 7.77. The maximum absolute atomic E-state index is 11.9. The number of carbonyl (C=O) groups is 1. The number of carbonyl (C=O) groups excluding carboxylic acids is 1. The molecule has 0 bridgehead atoms. The number of unbranched alkanes of at least 4 members (excludes halogenated alkanes) is 7. The van der Waals surface area contributed by atoms with Crippen LogP contribution < -0.4 is 4.74 Å². The smallest absolute Gasteiger partial charge is 0.311 e. The zero-order valence-electron chi connectivity index (χ0n) is 17.1. The number of esters is 1. The fourth-order valence-electron chi connectivity index (χ4n) is 3.01. The van der Waals surface area contributed by atoms with E-state index in [2.05, 4.69) is 16.9 Å². The van der Waals surface area contributed by atoms with E-state index >= 15 is 0 Å². The molecule has 152 valence electrons. The maximum atomic E-state index is 11.9. The van der Waals surface area contributed by atoms with Gasteiger partial charge >= 0.3 is 5.97 Å². The van der Waals surface area contributed by atoms with Crippen molar-refractivity contribution in [2.24, 2.45) is 0 Å². The highest BCUT2D eigenvalue weighted by molar-refractivity contribution is 5.72. The minimum atomic E-state index is -0.502. The first-order valence-corrected chi connectivity index (χ1v) is 10.4. The second-order valence-electron chi connectivity index (χ2n) is 7.24. The summed E-state index contributed by atoms with van der Waals surface area (Å²) in [6, 6.07) is 7.43. The van der Waals surface area contributed by atoms with Crippen molar-refractivity contribution in [2.45, 2.75) is 77.7 Å². The zero-order valence-corrected chi connectivity index (χ0v) is 17.1. The fraction of sp³-hybridized carbons (Fsp3) is 0.522. The number of benzene rings is 1. The summed E-state index contributed by atoms with van der Waals surface area (Å²) >= 11 is 0. The summed E-state index contributed by atoms with van der Waals surface area (Å²) in [6.45, 7) is 3.95. The first-order valence-electron chi connectivity index (χ1n) is 10.4. The molecule has 1 heterocycles. The normalized spacial score (nSPS) is 12.0. The van der Waals surface area contributed by atoms with E-state index in [0.717, 1.165) is 24.0 Å². The maximum Gasteiger partial charge on any atom is 0.311 e. The van der Waals surface area contributed by atoms with Gasteiger partial charge in [0.25, 0.3) is 0 Å². The van der Waals surface area contributed by atoms with Gasteiger partial charge in [-0.25, -0.2) is 9.97 Å². The Bertz CT molecular complexity index is 697. The van der Waals surface area contributed by atoms with Crippen LogP contribution in [0.25, 0.3) is 11.4 Å². The van der Waals surface area contributed by atoms with Crippen molar-refractivity contribution in [3.63, 3.8) is 0 Å². The van der Waals surface area contributed by atoms with Gasteiger partial charge in [-0.15, -0.1) is 0 Å². The number of hydrogen-bond acceptors (Lipinski definition) is 5. The van der Waals surface area contributed by atoms with E-state index in [4.69, 9.17) is 4.74 Å². The molecule has 2 aromatic rings. The SMILES string of the molecule is CCCCCCCCCCC(=O)Oc1cnc(-c2ccc(C(C)O)cc2)nc1. The minimum absolute atomic E-state index is 0.233. The highest BCUT2D eigenvalue weighted by Crippen LogP contribution is 2.20. The Morgan fingerprint density at radius 3 is 2.11 bits per heavy atom. The molecule has 0 saturated carbocycles. The van der Waals surface area contributed by atoms with Crippen LogP contribution in [0.3, 0.4) is 0 Å². The summed E-state index contributed by atoms with van der Waals surface area (Å²) < 4.78 is 5.32. The average molecular weight is 385 g/mol. The molecule has 1 aromatic heterocycles. The van der Waals surface area contributed by atoms with Crippen LogP contribution in [0, 0.1) is 0 Å². The summed E-state index contributed by atoms with van der Waals surface area (Å²) in [5.41, 5.74) is 1.69. The van der Waals surface area contributed by atoms with Crippen LogP contribution in [0.4, 0.5) is 0 Å². The van der Waals surface area contributed by atoms with Crippen LogP contribution >= 0.6 is 0 Å². The number of rotatable bonds is 12. The summed E-state index contributed by atoms with van der Waals surface area (Å²) in [6.07, 6.45) is 12.5. The molecule has 1 unspecified atom stereocenters. The van der Waals surface area contributed by atoms with Crippen LogP contribution in [0.15, 0.2) is 36.7 Å². The van der Waals surface area contributed by atoms with Crippen molar-refractivity contribution in [3.05, 3.63) is 42.2 Å². The number of aliphatic hydroxyl groups is 1. The lowest BCUT2D eigenvalue weighted by atomic mass is 10.1. The molecule has 1 atom stereocenters. The lowest BCUT2D eigenvalue weighted by Crippen LogP contribution is -2.08. The van der Waals surface area contributed by atoms with Crippen LogP contribution in [-0.2, 0) is 4.79 Å². The molecule has 28 heavy (non-hydrogen) atoms. The molecular weight excluding hydrogens is 352 g/mol. The average Bonchev–Trinajstić information content (AvgIpc) is 2.70. The van der Waals surface area contributed by atoms with Crippen molar-refractivity contribution in [3.8, 4) is 17.1 Å². The third-order valence-corrected chi connectivity index (χ3v) is 4.75. The first kappa shape index (κ1) is 22.0. The molecule has 0 fully saturated rings. The Morgan fingerprint density at radius 2 is 1.54 bits per heavy atom. The topological polar surface area (TPSA) is 72.3 Å². The van der Waals surface area contributed by atoms with Gasteiger partial charge in [0.05, 0.1) is 18.5 Å². The zero-order chi connectivity index (χ0) is 20.2. The monoisotopic (exact) mass is 384 g/mol. The second-order valence-corrected chi connectivity index (χ2v) is 7.24. The summed E-state index contributed by atoms with van der Waals surface area (Å²) in [4.78, 5) is 20.5. The highest BCUT2D eigenvalue weighted by Gasteiger charge is 2.08. The van der Waals surface area contributed by atoms with Crippen molar-refractivity contribution >= 4 is 5.97 Å². The molecule has 2 rings (SSSR count). The van der Waals surface area contributed by atoms with Crippen LogP contribution in [0.5, 0.6) is 5.75 Å². The number of ether oxygens (including phenoxy) is 1. The Labute approximate surface area is 168 Å². The van der Waals surface area contributed by atoms with Gasteiger partial charge < -0.3 is 9.84 Å². The minimum Gasteiger partial charge on any atom is -0.423 e. The molecule has 0 radical (unpaired) electrons. The van der Waals surface area contributed by atoms with E-state index in [1.54, 1.807) is 6.92 Å². The number of hydrogen-bond donors (Lipinski definition) is 1. The lowest BCUT2D eigenvalue weighted by Gasteiger charge is -2.07.